The molecule has 2 aromatic carbocycles. The van der Waals surface area contributed by atoms with Gasteiger partial charge < -0.3 is 19.1 Å². The molecule has 0 heterocycles. The highest BCUT2D eigenvalue weighted by Crippen LogP contribution is 2.32. The number of carbonyl (C=O) groups is 1. The number of rotatable bonds is 14. The van der Waals surface area contributed by atoms with Crippen molar-refractivity contribution in [3.05, 3.63) is 71.8 Å². The quantitative estimate of drug-likeness (QED) is 0.209. The fraction of sp³-hybridized carbons (Fsp3) is 0.423. The number of nitrogens with zero attached hydrogens (tertiary/aromatic N) is 1. The number of likely N-dealkylation sites (N-methyl/N-ethyl adjacent to an activating group) is 1. The first-order chi connectivity index (χ1) is 15.7. The second-order valence-electron chi connectivity index (χ2n) is 8.07. The fourth-order valence-electron chi connectivity index (χ4n) is 3.10. The number of benzene rings is 2. The molecule has 2 rings (SSSR count). The van der Waals surface area contributed by atoms with Crippen molar-refractivity contribution in [2.24, 2.45) is 0 Å². The van der Waals surface area contributed by atoms with Crippen LogP contribution in [0.4, 0.5) is 8.78 Å². The van der Waals surface area contributed by atoms with Gasteiger partial charge in [0.2, 0.25) is 0 Å². The SMILES string of the molecule is C=C(CN(C)C)C(=O)OCCOc1ccc(OC(F)(F)c2ccc(CCCCC)cc2)cc1. The third kappa shape index (κ3) is 9.22. The Labute approximate surface area is 195 Å². The maximum Gasteiger partial charge on any atom is 0.426 e. The van der Waals surface area contributed by atoms with Crippen LogP contribution in [0.1, 0.15) is 37.3 Å². The molecule has 0 saturated carbocycles. The molecule has 7 heteroatoms. The number of hydrogen-bond donors (Lipinski definition) is 0. The van der Waals surface area contributed by atoms with Gasteiger partial charge in [0.05, 0.1) is 5.56 Å². The zero-order chi connectivity index (χ0) is 24.3. The molecule has 0 atom stereocenters. The molecule has 0 radical (unpaired) electrons. The van der Waals surface area contributed by atoms with Gasteiger partial charge in [-0.25, -0.2) is 4.79 Å². The van der Waals surface area contributed by atoms with Crippen LogP contribution in [0.2, 0.25) is 0 Å². The summed E-state index contributed by atoms with van der Waals surface area (Å²) in [5, 5.41) is 0. The van der Waals surface area contributed by atoms with Gasteiger partial charge in [0.25, 0.3) is 0 Å². The molecule has 5 nitrogen and oxygen atoms in total. The second-order valence-corrected chi connectivity index (χ2v) is 8.07. The number of alkyl halides is 2. The van der Waals surface area contributed by atoms with Crippen molar-refractivity contribution in [2.75, 3.05) is 33.9 Å². The zero-order valence-electron chi connectivity index (χ0n) is 19.6. The lowest BCUT2D eigenvalue weighted by Gasteiger charge is -2.19. The lowest BCUT2D eigenvalue weighted by Crippen LogP contribution is -2.22. The van der Waals surface area contributed by atoms with Gasteiger partial charge in [-0.2, -0.15) is 8.78 Å². The van der Waals surface area contributed by atoms with E-state index in [9.17, 15) is 13.6 Å². The zero-order valence-corrected chi connectivity index (χ0v) is 19.6. The summed E-state index contributed by atoms with van der Waals surface area (Å²) < 4.78 is 44.6. The summed E-state index contributed by atoms with van der Waals surface area (Å²) in [6, 6.07) is 12.1. The van der Waals surface area contributed by atoms with Gasteiger partial charge >= 0.3 is 12.1 Å². The van der Waals surface area contributed by atoms with Crippen molar-refractivity contribution in [1.82, 2.24) is 4.90 Å². The summed E-state index contributed by atoms with van der Waals surface area (Å²) in [6.45, 7) is 6.40. The molecule has 0 aliphatic carbocycles. The molecule has 0 unspecified atom stereocenters. The number of hydrogen-bond acceptors (Lipinski definition) is 5. The smallest absolute Gasteiger partial charge is 0.426 e. The largest absolute Gasteiger partial charge is 0.490 e. The Morgan fingerprint density at radius 1 is 0.970 bits per heavy atom. The van der Waals surface area contributed by atoms with Crippen LogP contribution in [-0.2, 0) is 22.1 Å². The van der Waals surface area contributed by atoms with E-state index in [1.165, 1.54) is 36.4 Å². The predicted octanol–water partition coefficient (Wildman–Crippen LogP) is 5.59. The minimum absolute atomic E-state index is 0.0192. The summed E-state index contributed by atoms with van der Waals surface area (Å²) in [5.74, 6) is -0.0108. The molecule has 0 aliphatic rings. The van der Waals surface area contributed by atoms with Crippen molar-refractivity contribution in [3.8, 4) is 11.5 Å². The highest BCUT2D eigenvalue weighted by molar-refractivity contribution is 5.88. The summed E-state index contributed by atoms with van der Waals surface area (Å²) in [4.78, 5) is 13.6. The molecule has 0 spiro atoms. The molecule has 0 fully saturated rings. The Bertz CT molecular complexity index is 880. The van der Waals surface area contributed by atoms with Crippen LogP contribution in [-0.4, -0.2) is 44.7 Å². The average Bonchev–Trinajstić information content (AvgIpc) is 2.77. The lowest BCUT2D eigenvalue weighted by atomic mass is 10.1. The number of aryl methyl sites for hydroxylation is 1. The third-order valence-electron chi connectivity index (χ3n) is 4.81. The van der Waals surface area contributed by atoms with Crippen molar-refractivity contribution in [2.45, 2.75) is 38.7 Å². The van der Waals surface area contributed by atoms with Crippen LogP contribution >= 0.6 is 0 Å². The number of halogens is 2. The molecule has 0 bridgehead atoms. The van der Waals surface area contributed by atoms with E-state index in [1.807, 2.05) is 19.0 Å². The molecule has 0 N–H and O–H groups in total. The van der Waals surface area contributed by atoms with E-state index in [4.69, 9.17) is 14.2 Å². The molecule has 33 heavy (non-hydrogen) atoms. The predicted molar refractivity (Wildman–Crippen MR) is 125 cm³/mol. The molecule has 180 valence electrons. The number of unbranched alkanes of at least 4 members (excludes halogenated alkanes) is 2. The van der Waals surface area contributed by atoms with Crippen LogP contribution in [0.25, 0.3) is 0 Å². The minimum Gasteiger partial charge on any atom is -0.490 e. The highest BCUT2D eigenvalue weighted by Gasteiger charge is 2.34. The van der Waals surface area contributed by atoms with Crippen LogP contribution in [0.3, 0.4) is 0 Å². The maximum absolute atomic E-state index is 14.5. The fourth-order valence-corrected chi connectivity index (χ4v) is 3.10. The van der Waals surface area contributed by atoms with Crippen LogP contribution in [0.15, 0.2) is 60.7 Å². The number of ether oxygens (including phenoxy) is 3. The molecular weight excluding hydrogens is 428 g/mol. The molecule has 0 saturated heterocycles. The first kappa shape index (κ1) is 26.3. The molecule has 0 aliphatic heterocycles. The van der Waals surface area contributed by atoms with Gasteiger partial charge in [0, 0.05) is 12.1 Å². The van der Waals surface area contributed by atoms with E-state index in [0.29, 0.717) is 17.9 Å². The van der Waals surface area contributed by atoms with Crippen molar-refractivity contribution in [1.29, 1.82) is 0 Å². The first-order valence-corrected chi connectivity index (χ1v) is 11.1. The summed E-state index contributed by atoms with van der Waals surface area (Å²) in [6.07, 6.45) is 0.720. The van der Waals surface area contributed by atoms with E-state index < -0.39 is 12.1 Å². The maximum atomic E-state index is 14.5. The Balaban J connectivity index is 1.80. The lowest BCUT2D eigenvalue weighted by molar-refractivity contribution is -0.185. The molecule has 2 aromatic rings. The molecular formula is C26H33F2NO4. The summed E-state index contributed by atoms with van der Waals surface area (Å²) >= 11 is 0. The van der Waals surface area contributed by atoms with E-state index >= 15 is 0 Å². The van der Waals surface area contributed by atoms with Gasteiger partial charge in [-0.05, 0) is 68.9 Å². The van der Waals surface area contributed by atoms with Crippen LogP contribution in [0, 0.1) is 0 Å². The minimum atomic E-state index is -3.45. The van der Waals surface area contributed by atoms with Gasteiger partial charge in [-0.1, -0.05) is 38.5 Å². The van der Waals surface area contributed by atoms with E-state index in [0.717, 1.165) is 31.2 Å². The molecule has 0 aromatic heterocycles. The number of carbonyl (C=O) groups excluding carboxylic acids is 1. The average molecular weight is 462 g/mol. The van der Waals surface area contributed by atoms with Gasteiger partial charge in [0.15, 0.2) is 0 Å². The van der Waals surface area contributed by atoms with Crippen molar-refractivity contribution < 1.29 is 27.8 Å². The van der Waals surface area contributed by atoms with E-state index in [2.05, 4.69) is 13.5 Å². The van der Waals surface area contributed by atoms with Crippen molar-refractivity contribution >= 4 is 5.97 Å². The van der Waals surface area contributed by atoms with Gasteiger partial charge in [-0.3, -0.25) is 0 Å². The molecule has 0 amide bonds. The topological polar surface area (TPSA) is 48.0 Å². The van der Waals surface area contributed by atoms with Crippen LogP contribution < -0.4 is 9.47 Å². The van der Waals surface area contributed by atoms with Gasteiger partial charge in [-0.15, -0.1) is 0 Å². The monoisotopic (exact) mass is 461 g/mol. The number of esters is 1. The second kappa shape index (κ2) is 12.9. The Morgan fingerprint density at radius 2 is 1.61 bits per heavy atom. The van der Waals surface area contributed by atoms with Crippen LogP contribution in [0.5, 0.6) is 11.5 Å². The standard InChI is InChI=1S/C26H33F2NO4/c1-5-6-7-8-21-9-11-22(12-10-21)26(27,28)33-24-15-13-23(14-16-24)31-17-18-32-25(30)20(2)19-29(3)4/h9-16H,2,5-8,17-19H2,1,3-4H3. The third-order valence-corrected chi connectivity index (χ3v) is 4.81. The Morgan fingerprint density at radius 3 is 2.21 bits per heavy atom. The first-order valence-electron chi connectivity index (χ1n) is 11.1. The van der Waals surface area contributed by atoms with Crippen molar-refractivity contribution in [3.63, 3.8) is 0 Å². The summed E-state index contributed by atoms with van der Waals surface area (Å²) in [7, 11) is 3.66. The van der Waals surface area contributed by atoms with E-state index in [-0.39, 0.29) is 24.5 Å². The highest BCUT2D eigenvalue weighted by atomic mass is 19.3. The Hall–Kier alpha value is -2.93. The van der Waals surface area contributed by atoms with E-state index in [1.54, 1.807) is 12.1 Å². The normalized spacial score (nSPS) is 11.3. The van der Waals surface area contributed by atoms with Gasteiger partial charge in [0.1, 0.15) is 24.7 Å². The summed E-state index contributed by atoms with van der Waals surface area (Å²) in [5.41, 5.74) is 1.20. The Kier molecular flexibility index (Phi) is 10.3.